The van der Waals surface area contributed by atoms with Gasteiger partial charge in [0.05, 0.1) is 18.8 Å². The molecule has 0 aliphatic carbocycles. The maximum atomic E-state index is 11.8. The summed E-state index contributed by atoms with van der Waals surface area (Å²) in [7, 11) is 1.62. The quantitative estimate of drug-likeness (QED) is 0.890. The van der Waals surface area contributed by atoms with Crippen LogP contribution < -0.4 is 10.1 Å². The van der Waals surface area contributed by atoms with Gasteiger partial charge in [0.15, 0.2) is 0 Å². The first-order chi connectivity index (χ1) is 8.81. The molecule has 1 aromatic carbocycles. The minimum absolute atomic E-state index is 0.0673. The first-order valence-corrected chi connectivity index (χ1v) is 6.39. The van der Waals surface area contributed by atoms with Crippen LogP contribution in [0.15, 0.2) is 24.3 Å². The van der Waals surface area contributed by atoms with Gasteiger partial charge in [-0.3, -0.25) is 4.79 Å². The lowest BCUT2D eigenvalue weighted by molar-refractivity contribution is -0.131. The van der Waals surface area contributed by atoms with E-state index in [0.29, 0.717) is 0 Å². The molecule has 1 rings (SSSR count). The van der Waals surface area contributed by atoms with Gasteiger partial charge >= 0.3 is 0 Å². The normalized spacial score (nSPS) is 12.9. The molecule has 0 spiro atoms. The van der Waals surface area contributed by atoms with E-state index in [2.05, 4.69) is 5.32 Å². The summed E-state index contributed by atoms with van der Waals surface area (Å²) in [6.45, 7) is 7.77. The summed E-state index contributed by atoms with van der Waals surface area (Å²) >= 11 is 0. The molecule has 1 atom stereocenters. The van der Waals surface area contributed by atoms with Gasteiger partial charge in [-0.1, -0.05) is 12.1 Å². The van der Waals surface area contributed by atoms with Crippen molar-refractivity contribution < 1.29 is 14.3 Å². The van der Waals surface area contributed by atoms with Crippen molar-refractivity contribution in [1.29, 1.82) is 0 Å². The van der Waals surface area contributed by atoms with Crippen LogP contribution in [0.2, 0.25) is 0 Å². The van der Waals surface area contributed by atoms with Gasteiger partial charge < -0.3 is 14.8 Å². The zero-order chi connectivity index (χ0) is 14.5. The smallest absolute Gasteiger partial charge is 0.246 e. The lowest BCUT2D eigenvalue weighted by Crippen LogP contribution is -2.33. The first kappa shape index (κ1) is 15.5. The summed E-state index contributed by atoms with van der Waals surface area (Å²) in [6, 6.07) is 7.57. The molecule has 0 heterocycles. The van der Waals surface area contributed by atoms with Crippen LogP contribution in [0.1, 0.15) is 39.3 Å². The van der Waals surface area contributed by atoms with Gasteiger partial charge in [-0.25, -0.2) is 0 Å². The van der Waals surface area contributed by atoms with Crippen molar-refractivity contribution >= 4 is 5.91 Å². The molecule has 0 radical (unpaired) electrons. The molecule has 1 amide bonds. The molecular formula is C15H23NO3. The summed E-state index contributed by atoms with van der Waals surface area (Å²) in [5.74, 6) is 0.662. The highest BCUT2D eigenvalue weighted by molar-refractivity contribution is 5.77. The standard InChI is InChI=1S/C15H23NO3/c1-11(12-7-6-8-13(9-12)18-5)16-14(17)10-19-15(2,3)4/h6-9,11H,10H2,1-5H3,(H,16,17). The van der Waals surface area contributed by atoms with Crippen LogP contribution in [-0.4, -0.2) is 25.2 Å². The summed E-state index contributed by atoms with van der Waals surface area (Å²) in [6.07, 6.45) is 0. The molecule has 1 aromatic rings. The predicted octanol–water partition coefficient (Wildman–Crippen LogP) is 2.69. The average molecular weight is 265 g/mol. The van der Waals surface area contributed by atoms with E-state index in [1.54, 1.807) is 7.11 Å². The Labute approximate surface area is 115 Å². The van der Waals surface area contributed by atoms with Crippen molar-refractivity contribution in [2.45, 2.75) is 39.3 Å². The fourth-order valence-corrected chi connectivity index (χ4v) is 1.56. The summed E-state index contributed by atoms with van der Waals surface area (Å²) in [4.78, 5) is 11.8. The number of carbonyl (C=O) groups excluding carboxylic acids is 1. The third-order valence-electron chi connectivity index (χ3n) is 2.61. The van der Waals surface area contributed by atoms with Crippen LogP contribution >= 0.6 is 0 Å². The topological polar surface area (TPSA) is 47.6 Å². The molecule has 0 aromatic heterocycles. The highest BCUT2D eigenvalue weighted by atomic mass is 16.5. The van der Waals surface area contributed by atoms with Crippen molar-refractivity contribution in [2.24, 2.45) is 0 Å². The van der Waals surface area contributed by atoms with Crippen molar-refractivity contribution in [1.82, 2.24) is 5.32 Å². The summed E-state index contributed by atoms with van der Waals surface area (Å²) in [5.41, 5.74) is 0.694. The summed E-state index contributed by atoms with van der Waals surface area (Å²) < 4.78 is 10.6. The molecule has 0 bridgehead atoms. The molecule has 0 fully saturated rings. The largest absolute Gasteiger partial charge is 0.497 e. The number of carbonyl (C=O) groups is 1. The Morgan fingerprint density at radius 1 is 1.37 bits per heavy atom. The van der Waals surface area contributed by atoms with Crippen molar-refractivity contribution in [3.8, 4) is 5.75 Å². The second kappa shape index (κ2) is 6.57. The average Bonchev–Trinajstić information content (AvgIpc) is 2.35. The summed E-state index contributed by atoms with van der Waals surface area (Å²) in [5, 5.41) is 2.90. The molecule has 4 nitrogen and oxygen atoms in total. The third kappa shape index (κ3) is 5.75. The number of benzene rings is 1. The number of amides is 1. The number of methoxy groups -OCH3 is 1. The van der Waals surface area contributed by atoms with Crippen molar-refractivity contribution in [2.75, 3.05) is 13.7 Å². The molecule has 0 aliphatic heterocycles. The lowest BCUT2D eigenvalue weighted by Gasteiger charge is -2.20. The van der Waals surface area contributed by atoms with Crippen molar-refractivity contribution in [3.05, 3.63) is 29.8 Å². The zero-order valence-corrected chi connectivity index (χ0v) is 12.3. The van der Waals surface area contributed by atoms with Gasteiger partial charge in [-0.2, -0.15) is 0 Å². The third-order valence-corrected chi connectivity index (χ3v) is 2.61. The SMILES string of the molecule is COc1cccc(C(C)NC(=O)COC(C)(C)C)c1. The number of hydrogen-bond donors (Lipinski definition) is 1. The predicted molar refractivity (Wildman–Crippen MR) is 75.3 cm³/mol. The zero-order valence-electron chi connectivity index (χ0n) is 12.3. The molecule has 1 unspecified atom stereocenters. The Bertz CT molecular complexity index is 424. The number of rotatable bonds is 5. The number of ether oxygens (including phenoxy) is 2. The van der Waals surface area contributed by atoms with Gasteiger partial charge in [-0.05, 0) is 45.4 Å². The fraction of sp³-hybridized carbons (Fsp3) is 0.533. The van der Waals surface area contributed by atoms with Crippen LogP contribution in [-0.2, 0) is 9.53 Å². The molecule has 0 aliphatic rings. The van der Waals surface area contributed by atoms with Gasteiger partial charge in [0.2, 0.25) is 5.91 Å². The second-order valence-electron chi connectivity index (χ2n) is 5.47. The van der Waals surface area contributed by atoms with E-state index in [9.17, 15) is 4.79 Å². The van der Waals surface area contributed by atoms with E-state index in [0.717, 1.165) is 11.3 Å². The molecular weight excluding hydrogens is 242 g/mol. The van der Waals surface area contributed by atoms with Crippen molar-refractivity contribution in [3.63, 3.8) is 0 Å². The number of nitrogens with one attached hydrogen (secondary N) is 1. The molecule has 4 heteroatoms. The van der Waals surface area contributed by atoms with Gasteiger partial charge in [0.25, 0.3) is 0 Å². The highest BCUT2D eigenvalue weighted by Crippen LogP contribution is 2.18. The van der Waals surface area contributed by atoms with Crippen LogP contribution in [0.3, 0.4) is 0 Å². The monoisotopic (exact) mass is 265 g/mol. The molecule has 0 saturated carbocycles. The molecule has 19 heavy (non-hydrogen) atoms. The van der Waals surface area contributed by atoms with E-state index in [-0.39, 0.29) is 24.2 Å². The Morgan fingerprint density at radius 3 is 2.63 bits per heavy atom. The van der Waals surface area contributed by atoms with E-state index in [1.807, 2.05) is 52.0 Å². The van der Waals surface area contributed by atoms with E-state index in [1.165, 1.54) is 0 Å². The number of hydrogen-bond acceptors (Lipinski definition) is 3. The lowest BCUT2D eigenvalue weighted by atomic mass is 10.1. The minimum atomic E-state index is -0.309. The van der Waals surface area contributed by atoms with Crippen LogP contribution in [0, 0.1) is 0 Å². The minimum Gasteiger partial charge on any atom is -0.497 e. The Balaban J connectivity index is 2.54. The molecule has 106 valence electrons. The van der Waals surface area contributed by atoms with E-state index < -0.39 is 0 Å². The Morgan fingerprint density at radius 2 is 2.05 bits per heavy atom. The Hall–Kier alpha value is -1.55. The van der Waals surface area contributed by atoms with Crippen LogP contribution in [0.4, 0.5) is 0 Å². The maximum absolute atomic E-state index is 11.8. The fourth-order valence-electron chi connectivity index (χ4n) is 1.56. The highest BCUT2D eigenvalue weighted by Gasteiger charge is 2.15. The molecule has 0 saturated heterocycles. The van der Waals surface area contributed by atoms with Crippen LogP contribution in [0.5, 0.6) is 5.75 Å². The van der Waals surface area contributed by atoms with Gasteiger partial charge in [0, 0.05) is 0 Å². The second-order valence-corrected chi connectivity index (χ2v) is 5.47. The molecule has 1 N–H and O–H groups in total. The Kier molecular flexibility index (Phi) is 5.36. The maximum Gasteiger partial charge on any atom is 0.246 e. The van der Waals surface area contributed by atoms with E-state index in [4.69, 9.17) is 9.47 Å². The van der Waals surface area contributed by atoms with Gasteiger partial charge in [0.1, 0.15) is 12.4 Å². The van der Waals surface area contributed by atoms with E-state index >= 15 is 0 Å². The van der Waals surface area contributed by atoms with Crippen LogP contribution in [0.25, 0.3) is 0 Å². The van der Waals surface area contributed by atoms with Gasteiger partial charge in [-0.15, -0.1) is 0 Å². The first-order valence-electron chi connectivity index (χ1n) is 6.39.